The van der Waals surface area contributed by atoms with Crippen LogP contribution in [-0.4, -0.2) is 16.7 Å². The Bertz CT molecular complexity index is 527. The zero-order chi connectivity index (χ0) is 12.4. The topological polar surface area (TPSA) is 51.0 Å². The summed E-state index contributed by atoms with van der Waals surface area (Å²) in [6, 6.07) is 5.34. The van der Waals surface area contributed by atoms with Gasteiger partial charge >= 0.3 is 0 Å². The van der Waals surface area contributed by atoms with E-state index in [1.807, 2.05) is 6.07 Å². The number of hydrogen-bond acceptors (Lipinski definition) is 4. The lowest BCUT2D eigenvalue weighted by atomic mass is 10.1. The van der Waals surface area contributed by atoms with E-state index in [-0.39, 0.29) is 5.82 Å². The summed E-state index contributed by atoms with van der Waals surface area (Å²) in [5, 5.41) is 7.01. The Morgan fingerprint density at radius 3 is 3.22 bits per heavy atom. The molecule has 1 N–H and O–H groups in total. The fraction of sp³-hybridized carbons (Fsp3) is 0.385. The minimum Gasteiger partial charge on any atom is -0.340 e. The van der Waals surface area contributed by atoms with Gasteiger partial charge in [-0.05, 0) is 36.1 Å². The Hall–Kier alpha value is -1.75. The Morgan fingerprint density at radius 1 is 1.44 bits per heavy atom. The number of aromatic nitrogens is 2. The molecule has 0 amide bonds. The van der Waals surface area contributed by atoms with Gasteiger partial charge in [-0.25, -0.2) is 4.39 Å². The minimum atomic E-state index is -0.153. The quantitative estimate of drug-likeness (QED) is 0.898. The maximum atomic E-state index is 13.1. The third kappa shape index (κ3) is 2.26. The third-order valence-corrected chi connectivity index (χ3v) is 3.32. The molecule has 0 aliphatic heterocycles. The maximum absolute atomic E-state index is 13.1. The van der Waals surface area contributed by atoms with Gasteiger partial charge in [0.25, 0.3) is 0 Å². The molecule has 1 aliphatic carbocycles. The molecule has 0 fully saturated rings. The van der Waals surface area contributed by atoms with Crippen LogP contribution in [0.4, 0.5) is 4.39 Å². The van der Waals surface area contributed by atoms with Crippen molar-refractivity contribution in [3.8, 4) is 0 Å². The van der Waals surface area contributed by atoms with Crippen LogP contribution in [0.15, 0.2) is 29.0 Å². The maximum Gasteiger partial charge on any atom is 0.227 e. The van der Waals surface area contributed by atoms with Gasteiger partial charge in [-0.2, -0.15) is 4.98 Å². The number of fused-ring (bicyclic) bond motifs is 1. The molecule has 1 unspecified atom stereocenters. The van der Waals surface area contributed by atoms with E-state index in [9.17, 15) is 4.39 Å². The van der Waals surface area contributed by atoms with E-state index < -0.39 is 0 Å². The predicted molar refractivity (Wildman–Crippen MR) is 63.5 cm³/mol. The first-order valence-electron chi connectivity index (χ1n) is 6.10. The molecule has 1 atom stereocenters. The Morgan fingerprint density at radius 2 is 2.39 bits per heavy atom. The second kappa shape index (κ2) is 4.86. The molecule has 1 aromatic carbocycles. The first-order chi connectivity index (χ1) is 8.83. The molecule has 0 saturated carbocycles. The van der Waals surface area contributed by atoms with Crippen LogP contribution in [0, 0.1) is 5.82 Å². The molecule has 1 heterocycles. The van der Waals surface area contributed by atoms with Gasteiger partial charge in [0, 0.05) is 19.0 Å². The molecule has 18 heavy (non-hydrogen) atoms. The molecule has 1 aromatic heterocycles. The van der Waals surface area contributed by atoms with Gasteiger partial charge < -0.3 is 9.84 Å². The summed E-state index contributed by atoms with van der Waals surface area (Å²) in [4.78, 5) is 3.97. The van der Waals surface area contributed by atoms with E-state index in [1.54, 1.807) is 6.07 Å². The second-order valence-electron chi connectivity index (χ2n) is 4.47. The van der Waals surface area contributed by atoms with Gasteiger partial charge in [-0.3, -0.25) is 0 Å². The normalized spacial score (nSPS) is 17.9. The van der Waals surface area contributed by atoms with Crippen molar-refractivity contribution in [1.29, 1.82) is 0 Å². The smallest absolute Gasteiger partial charge is 0.227 e. The van der Waals surface area contributed by atoms with E-state index in [1.165, 1.54) is 18.0 Å². The lowest BCUT2D eigenvalue weighted by Crippen LogP contribution is -2.22. The molecular formula is C13H14FN3O. The van der Waals surface area contributed by atoms with Gasteiger partial charge in [-0.15, -0.1) is 0 Å². The second-order valence-corrected chi connectivity index (χ2v) is 4.47. The molecule has 3 rings (SSSR count). The van der Waals surface area contributed by atoms with Gasteiger partial charge in [0.15, 0.2) is 6.33 Å². The fourth-order valence-corrected chi connectivity index (χ4v) is 2.46. The average molecular weight is 247 g/mol. The summed E-state index contributed by atoms with van der Waals surface area (Å²) in [7, 11) is 0. The number of nitrogens with zero attached hydrogens (tertiary/aromatic N) is 2. The molecule has 0 spiro atoms. The van der Waals surface area contributed by atoms with E-state index in [0.717, 1.165) is 24.9 Å². The first-order valence-corrected chi connectivity index (χ1v) is 6.10. The molecule has 94 valence electrons. The minimum absolute atomic E-state index is 0.153. The highest BCUT2D eigenvalue weighted by Crippen LogP contribution is 2.31. The zero-order valence-electron chi connectivity index (χ0n) is 9.90. The lowest BCUT2D eigenvalue weighted by molar-refractivity contribution is 0.371. The Labute approximate surface area is 104 Å². The Balaban J connectivity index is 1.59. The van der Waals surface area contributed by atoms with Crippen molar-refractivity contribution >= 4 is 0 Å². The summed E-state index contributed by atoms with van der Waals surface area (Å²) < 4.78 is 18.0. The number of aryl methyl sites for hydroxylation is 1. The number of benzene rings is 1. The van der Waals surface area contributed by atoms with Crippen molar-refractivity contribution in [3.05, 3.63) is 47.4 Å². The highest BCUT2D eigenvalue weighted by molar-refractivity contribution is 5.34. The van der Waals surface area contributed by atoms with Crippen molar-refractivity contribution in [1.82, 2.24) is 15.5 Å². The lowest BCUT2D eigenvalue weighted by Gasteiger charge is -2.13. The summed E-state index contributed by atoms with van der Waals surface area (Å²) in [6.45, 7) is 0.781. The van der Waals surface area contributed by atoms with Crippen molar-refractivity contribution < 1.29 is 8.91 Å². The molecule has 5 heteroatoms. The largest absolute Gasteiger partial charge is 0.340 e. The van der Waals surface area contributed by atoms with E-state index >= 15 is 0 Å². The number of nitrogens with one attached hydrogen (secondary N) is 1. The standard InChI is InChI=1S/C13H14FN3O/c14-10-2-3-11-9(7-10)1-4-12(11)15-6-5-13-16-8-17-18-13/h2-3,7-8,12,15H,1,4-6H2. The van der Waals surface area contributed by atoms with Gasteiger partial charge in [0.05, 0.1) is 0 Å². The van der Waals surface area contributed by atoms with Crippen molar-refractivity contribution in [2.24, 2.45) is 0 Å². The number of rotatable bonds is 4. The molecule has 0 radical (unpaired) electrons. The summed E-state index contributed by atoms with van der Waals surface area (Å²) in [6.07, 6.45) is 4.07. The van der Waals surface area contributed by atoms with E-state index in [4.69, 9.17) is 4.52 Å². The van der Waals surface area contributed by atoms with Crippen LogP contribution in [0.25, 0.3) is 0 Å². The van der Waals surface area contributed by atoms with Gasteiger partial charge in [-0.1, -0.05) is 11.2 Å². The van der Waals surface area contributed by atoms with Crippen LogP contribution in [0.1, 0.15) is 29.5 Å². The van der Waals surface area contributed by atoms with Crippen LogP contribution in [-0.2, 0) is 12.8 Å². The Kier molecular flexibility index (Phi) is 3.06. The van der Waals surface area contributed by atoms with Crippen molar-refractivity contribution in [3.63, 3.8) is 0 Å². The van der Waals surface area contributed by atoms with E-state index in [0.29, 0.717) is 18.4 Å². The van der Waals surface area contributed by atoms with Crippen LogP contribution >= 0.6 is 0 Å². The molecule has 0 saturated heterocycles. The molecule has 4 nitrogen and oxygen atoms in total. The number of halogens is 1. The van der Waals surface area contributed by atoms with Crippen LogP contribution < -0.4 is 5.32 Å². The number of hydrogen-bond donors (Lipinski definition) is 1. The molecule has 1 aliphatic rings. The van der Waals surface area contributed by atoms with Gasteiger partial charge in [0.1, 0.15) is 5.82 Å². The van der Waals surface area contributed by atoms with Crippen LogP contribution in [0.5, 0.6) is 0 Å². The average Bonchev–Trinajstić information content (AvgIpc) is 2.99. The zero-order valence-corrected chi connectivity index (χ0v) is 9.90. The van der Waals surface area contributed by atoms with Crippen molar-refractivity contribution in [2.75, 3.05) is 6.54 Å². The highest BCUT2D eigenvalue weighted by Gasteiger charge is 2.22. The predicted octanol–water partition coefficient (Wildman–Crippen LogP) is 2.03. The molecule has 0 bridgehead atoms. The van der Waals surface area contributed by atoms with Crippen molar-refractivity contribution in [2.45, 2.75) is 25.3 Å². The third-order valence-electron chi connectivity index (χ3n) is 3.32. The summed E-state index contributed by atoms with van der Waals surface area (Å²) >= 11 is 0. The fourth-order valence-electron chi connectivity index (χ4n) is 2.46. The summed E-state index contributed by atoms with van der Waals surface area (Å²) in [5.41, 5.74) is 2.33. The monoisotopic (exact) mass is 247 g/mol. The van der Waals surface area contributed by atoms with Crippen LogP contribution in [0.3, 0.4) is 0 Å². The summed E-state index contributed by atoms with van der Waals surface area (Å²) in [5.74, 6) is 0.486. The van der Waals surface area contributed by atoms with Gasteiger partial charge in [0.2, 0.25) is 5.89 Å². The SMILES string of the molecule is Fc1ccc2c(c1)CCC2NCCc1ncno1. The molecule has 2 aromatic rings. The highest BCUT2D eigenvalue weighted by atomic mass is 19.1. The first kappa shape index (κ1) is 11.3. The van der Waals surface area contributed by atoms with Crippen LogP contribution in [0.2, 0.25) is 0 Å². The van der Waals surface area contributed by atoms with E-state index in [2.05, 4.69) is 15.5 Å². The molecular weight excluding hydrogens is 233 g/mol.